The number of rotatable bonds is 1. The Bertz CT molecular complexity index is 422. The van der Waals surface area contributed by atoms with Gasteiger partial charge in [-0.1, -0.05) is 0 Å². The third-order valence-electron chi connectivity index (χ3n) is 4.46. The summed E-state index contributed by atoms with van der Waals surface area (Å²) in [6.45, 7) is 1.78. The number of fused-ring (bicyclic) bond motifs is 4. The Morgan fingerprint density at radius 1 is 1.24 bits per heavy atom. The monoisotopic (exact) mass is 233 g/mol. The molecule has 0 saturated carbocycles. The molecule has 0 radical (unpaired) electrons. The van der Waals surface area contributed by atoms with Gasteiger partial charge in [-0.15, -0.1) is 0 Å². The van der Waals surface area contributed by atoms with E-state index in [0.29, 0.717) is 18.1 Å². The van der Waals surface area contributed by atoms with Gasteiger partial charge in [-0.05, 0) is 25.7 Å². The maximum Gasteiger partial charge on any atom is 0.0688 e. The standard InChI is InChI=1S/C13H19N3O/c1-2-12-11-8-16(10-3-5-17-6-4-10)15-13(11)7-9(1)14-12/h8-10,12,14H,1-7H2. The number of hydrogen-bond acceptors (Lipinski definition) is 3. The predicted molar refractivity (Wildman–Crippen MR) is 63.9 cm³/mol. The van der Waals surface area contributed by atoms with Crippen molar-refractivity contribution in [3.63, 3.8) is 0 Å². The first kappa shape index (κ1) is 10.1. The van der Waals surface area contributed by atoms with Crippen LogP contribution in [0.3, 0.4) is 0 Å². The summed E-state index contributed by atoms with van der Waals surface area (Å²) in [5.74, 6) is 0. The summed E-state index contributed by atoms with van der Waals surface area (Å²) in [7, 11) is 0. The number of nitrogens with zero attached hydrogens (tertiary/aromatic N) is 2. The van der Waals surface area contributed by atoms with Crippen LogP contribution in [0.5, 0.6) is 0 Å². The van der Waals surface area contributed by atoms with Crippen LogP contribution >= 0.6 is 0 Å². The van der Waals surface area contributed by atoms with E-state index in [0.717, 1.165) is 32.5 Å². The van der Waals surface area contributed by atoms with Crippen molar-refractivity contribution in [2.45, 2.75) is 50.2 Å². The van der Waals surface area contributed by atoms with Gasteiger partial charge in [-0.25, -0.2) is 0 Å². The molecule has 3 aliphatic heterocycles. The minimum Gasteiger partial charge on any atom is -0.381 e. The maximum absolute atomic E-state index is 5.42. The molecular weight excluding hydrogens is 214 g/mol. The van der Waals surface area contributed by atoms with Gasteiger partial charge in [-0.3, -0.25) is 4.68 Å². The van der Waals surface area contributed by atoms with Crippen molar-refractivity contribution < 1.29 is 4.74 Å². The molecule has 17 heavy (non-hydrogen) atoms. The quantitative estimate of drug-likeness (QED) is 0.800. The summed E-state index contributed by atoms with van der Waals surface area (Å²) >= 11 is 0. The summed E-state index contributed by atoms with van der Waals surface area (Å²) in [6.07, 6.45) is 8.26. The highest BCUT2D eigenvalue weighted by atomic mass is 16.5. The van der Waals surface area contributed by atoms with Gasteiger partial charge in [0.25, 0.3) is 0 Å². The molecule has 0 aliphatic carbocycles. The van der Waals surface area contributed by atoms with Crippen LogP contribution in [0.15, 0.2) is 6.20 Å². The van der Waals surface area contributed by atoms with Crippen LogP contribution in [0.4, 0.5) is 0 Å². The van der Waals surface area contributed by atoms with Crippen LogP contribution in [0.2, 0.25) is 0 Å². The molecule has 2 bridgehead atoms. The number of nitrogens with one attached hydrogen (secondary N) is 1. The molecule has 2 atom stereocenters. The second-order valence-corrected chi connectivity index (χ2v) is 5.55. The van der Waals surface area contributed by atoms with Gasteiger partial charge in [-0.2, -0.15) is 5.10 Å². The Balaban J connectivity index is 1.64. The third kappa shape index (κ3) is 1.62. The third-order valence-corrected chi connectivity index (χ3v) is 4.46. The van der Waals surface area contributed by atoms with Crippen molar-refractivity contribution in [2.24, 2.45) is 0 Å². The SMILES string of the molecule is c1c2c(nn1C1CCOCC1)CC1CCC2N1. The van der Waals surface area contributed by atoms with Gasteiger partial charge in [0.15, 0.2) is 0 Å². The van der Waals surface area contributed by atoms with Crippen molar-refractivity contribution >= 4 is 0 Å². The van der Waals surface area contributed by atoms with Crippen molar-refractivity contribution in [3.8, 4) is 0 Å². The van der Waals surface area contributed by atoms with Gasteiger partial charge in [0.05, 0.1) is 11.7 Å². The minimum atomic E-state index is 0.563. The van der Waals surface area contributed by atoms with Crippen molar-refractivity contribution in [2.75, 3.05) is 13.2 Å². The van der Waals surface area contributed by atoms with Gasteiger partial charge in [0.2, 0.25) is 0 Å². The predicted octanol–water partition coefficient (Wildman–Crippen LogP) is 1.58. The Kier molecular flexibility index (Phi) is 2.27. The van der Waals surface area contributed by atoms with E-state index in [-0.39, 0.29) is 0 Å². The largest absolute Gasteiger partial charge is 0.381 e. The number of aromatic nitrogens is 2. The fourth-order valence-corrected chi connectivity index (χ4v) is 3.49. The summed E-state index contributed by atoms with van der Waals surface area (Å²) < 4.78 is 7.64. The average Bonchev–Trinajstić information content (AvgIpc) is 2.97. The molecule has 0 spiro atoms. The van der Waals surface area contributed by atoms with Crippen LogP contribution in [-0.2, 0) is 11.2 Å². The molecule has 1 aromatic rings. The molecule has 4 heteroatoms. The zero-order chi connectivity index (χ0) is 11.2. The fraction of sp³-hybridized carbons (Fsp3) is 0.769. The van der Waals surface area contributed by atoms with E-state index >= 15 is 0 Å². The molecule has 0 amide bonds. The van der Waals surface area contributed by atoms with Crippen LogP contribution in [0, 0.1) is 0 Å². The van der Waals surface area contributed by atoms with Gasteiger partial charge >= 0.3 is 0 Å². The normalized spacial score (nSPS) is 32.7. The smallest absolute Gasteiger partial charge is 0.0688 e. The first-order chi connectivity index (χ1) is 8.40. The highest BCUT2D eigenvalue weighted by molar-refractivity contribution is 5.28. The molecule has 4 rings (SSSR count). The first-order valence-electron chi connectivity index (χ1n) is 6.82. The molecule has 4 heterocycles. The molecular formula is C13H19N3O. The molecule has 1 N–H and O–H groups in total. The lowest BCUT2D eigenvalue weighted by atomic mass is 10.0. The summed E-state index contributed by atoms with van der Waals surface area (Å²) in [4.78, 5) is 0. The molecule has 3 aliphatic rings. The second kappa shape index (κ2) is 3.82. The van der Waals surface area contributed by atoms with Crippen LogP contribution in [0.25, 0.3) is 0 Å². The summed E-state index contributed by atoms with van der Waals surface area (Å²) in [5.41, 5.74) is 2.81. The number of hydrogen-bond donors (Lipinski definition) is 1. The van der Waals surface area contributed by atoms with Crippen LogP contribution in [0.1, 0.15) is 49.0 Å². The van der Waals surface area contributed by atoms with Crippen molar-refractivity contribution in [1.82, 2.24) is 15.1 Å². The summed E-state index contributed by atoms with van der Waals surface area (Å²) in [6, 6.07) is 1.83. The van der Waals surface area contributed by atoms with E-state index in [1.54, 1.807) is 0 Å². The summed E-state index contributed by atoms with van der Waals surface area (Å²) in [5, 5.41) is 8.52. The topological polar surface area (TPSA) is 39.1 Å². The lowest BCUT2D eigenvalue weighted by molar-refractivity contribution is 0.0661. The first-order valence-corrected chi connectivity index (χ1v) is 6.82. The van der Waals surface area contributed by atoms with E-state index in [2.05, 4.69) is 16.2 Å². The highest BCUT2D eigenvalue weighted by Crippen LogP contribution is 2.36. The Labute approximate surface area is 101 Å². The zero-order valence-corrected chi connectivity index (χ0v) is 10.1. The molecule has 2 fully saturated rings. The van der Waals surface area contributed by atoms with E-state index in [1.807, 2.05) is 0 Å². The van der Waals surface area contributed by atoms with Crippen LogP contribution < -0.4 is 5.32 Å². The molecule has 4 nitrogen and oxygen atoms in total. The maximum atomic E-state index is 5.42. The molecule has 1 aromatic heterocycles. The van der Waals surface area contributed by atoms with Crippen LogP contribution in [-0.4, -0.2) is 29.0 Å². The molecule has 2 unspecified atom stereocenters. The Hall–Kier alpha value is -0.870. The lowest BCUT2D eigenvalue weighted by Crippen LogP contribution is -2.31. The number of ether oxygens (including phenoxy) is 1. The van der Waals surface area contributed by atoms with Gasteiger partial charge in [0, 0.05) is 43.5 Å². The minimum absolute atomic E-state index is 0.563. The molecule has 2 saturated heterocycles. The van der Waals surface area contributed by atoms with Crippen molar-refractivity contribution in [3.05, 3.63) is 17.5 Å². The lowest BCUT2D eigenvalue weighted by Gasteiger charge is -2.22. The van der Waals surface area contributed by atoms with Gasteiger partial charge < -0.3 is 10.1 Å². The van der Waals surface area contributed by atoms with E-state index in [1.165, 1.54) is 24.1 Å². The van der Waals surface area contributed by atoms with E-state index in [9.17, 15) is 0 Å². The van der Waals surface area contributed by atoms with Crippen molar-refractivity contribution in [1.29, 1.82) is 0 Å². The molecule has 92 valence electrons. The molecule has 0 aromatic carbocycles. The second-order valence-electron chi connectivity index (χ2n) is 5.55. The van der Waals surface area contributed by atoms with E-state index < -0.39 is 0 Å². The van der Waals surface area contributed by atoms with Gasteiger partial charge in [0.1, 0.15) is 0 Å². The Morgan fingerprint density at radius 2 is 2.12 bits per heavy atom. The highest BCUT2D eigenvalue weighted by Gasteiger charge is 2.34. The fourth-order valence-electron chi connectivity index (χ4n) is 3.49. The Morgan fingerprint density at radius 3 is 3.00 bits per heavy atom. The average molecular weight is 233 g/mol. The zero-order valence-electron chi connectivity index (χ0n) is 10.1. The van der Waals surface area contributed by atoms with E-state index in [4.69, 9.17) is 9.84 Å².